The van der Waals surface area contributed by atoms with Crippen LogP contribution in [0.25, 0.3) is 0 Å². The van der Waals surface area contributed by atoms with Crippen molar-refractivity contribution in [2.45, 2.75) is 43.9 Å². The lowest BCUT2D eigenvalue weighted by molar-refractivity contribution is -0.152. The van der Waals surface area contributed by atoms with E-state index in [1.54, 1.807) is 0 Å². The van der Waals surface area contributed by atoms with E-state index in [2.05, 4.69) is 10.6 Å². The molecule has 0 saturated carbocycles. The van der Waals surface area contributed by atoms with Gasteiger partial charge in [-0.05, 0) is 25.7 Å². The van der Waals surface area contributed by atoms with Gasteiger partial charge < -0.3 is 20.5 Å². The first-order chi connectivity index (χ1) is 8.58. The number of carboxylic acids is 1. The number of hydrogen-bond acceptors (Lipinski definition) is 4. The number of amides is 2. The van der Waals surface area contributed by atoms with Crippen LogP contribution in [-0.2, 0) is 19.1 Å². The molecule has 2 saturated heterocycles. The van der Waals surface area contributed by atoms with Crippen LogP contribution in [0.5, 0.6) is 0 Å². The lowest BCUT2D eigenvalue weighted by Crippen LogP contribution is -2.52. The number of carbonyl (C=O) groups excluding carboxylic acids is 2. The molecular weight excluding hydrogens is 240 g/mol. The highest BCUT2D eigenvalue weighted by molar-refractivity contribution is 5.90. The summed E-state index contributed by atoms with van der Waals surface area (Å²) in [7, 11) is 0. The molecule has 0 spiro atoms. The first kappa shape index (κ1) is 12.8. The monoisotopic (exact) mass is 256 g/mol. The van der Waals surface area contributed by atoms with Crippen LogP contribution in [0, 0.1) is 0 Å². The Balaban J connectivity index is 1.85. The Kier molecular flexibility index (Phi) is 3.81. The minimum absolute atomic E-state index is 0.192. The molecule has 3 unspecified atom stereocenters. The minimum Gasteiger partial charge on any atom is -0.479 e. The van der Waals surface area contributed by atoms with Crippen molar-refractivity contribution in [3.05, 3.63) is 0 Å². The van der Waals surface area contributed by atoms with Crippen molar-refractivity contribution in [3.63, 3.8) is 0 Å². The van der Waals surface area contributed by atoms with Crippen molar-refractivity contribution >= 4 is 17.8 Å². The SMILES string of the molecule is O=C1NCCCC1NC(=O)C1CCC(C(=O)O)O1. The summed E-state index contributed by atoms with van der Waals surface area (Å²) in [6, 6.07) is -0.529. The normalized spacial score (nSPS) is 31.8. The molecule has 0 aromatic heterocycles. The fourth-order valence-electron chi connectivity index (χ4n) is 2.19. The van der Waals surface area contributed by atoms with Crippen LogP contribution in [0.4, 0.5) is 0 Å². The van der Waals surface area contributed by atoms with Gasteiger partial charge in [0.05, 0.1) is 0 Å². The molecule has 7 nitrogen and oxygen atoms in total. The average molecular weight is 256 g/mol. The molecule has 2 amide bonds. The summed E-state index contributed by atoms with van der Waals surface area (Å²) in [6.07, 6.45) is 0.440. The van der Waals surface area contributed by atoms with E-state index in [0.717, 1.165) is 6.42 Å². The smallest absolute Gasteiger partial charge is 0.332 e. The summed E-state index contributed by atoms with van der Waals surface area (Å²) < 4.78 is 5.12. The highest BCUT2D eigenvalue weighted by Gasteiger charge is 2.36. The second kappa shape index (κ2) is 5.34. The van der Waals surface area contributed by atoms with Gasteiger partial charge in [-0.1, -0.05) is 0 Å². The molecule has 2 fully saturated rings. The molecule has 3 N–H and O–H groups in total. The number of carboxylic acid groups (broad SMARTS) is 1. The van der Waals surface area contributed by atoms with E-state index >= 15 is 0 Å². The third-order valence-corrected chi connectivity index (χ3v) is 3.19. The highest BCUT2D eigenvalue weighted by Crippen LogP contribution is 2.20. The summed E-state index contributed by atoms with van der Waals surface area (Å²) in [4.78, 5) is 34.0. The van der Waals surface area contributed by atoms with Crippen LogP contribution in [0.2, 0.25) is 0 Å². The Morgan fingerprint density at radius 2 is 2.00 bits per heavy atom. The van der Waals surface area contributed by atoms with Crippen molar-refractivity contribution in [2.24, 2.45) is 0 Å². The second-order valence-electron chi connectivity index (χ2n) is 4.52. The standard InChI is InChI=1S/C11H16N2O5/c14-9-6(2-1-5-12-9)13-10(15)7-3-4-8(18-7)11(16)17/h6-8H,1-5H2,(H,12,14)(H,13,15)(H,16,17). The predicted molar refractivity (Wildman–Crippen MR) is 59.7 cm³/mol. The summed E-state index contributed by atoms with van der Waals surface area (Å²) in [5, 5.41) is 14.0. The molecule has 100 valence electrons. The molecule has 0 bridgehead atoms. The van der Waals surface area contributed by atoms with Crippen LogP contribution in [0.3, 0.4) is 0 Å². The molecule has 0 radical (unpaired) electrons. The van der Waals surface area contributed by atoms with Gasteiger partial charge in [0.2, 0.25) is 11.8 Å². The summed E-state index contributed by atoms with van der Waals surface area (Å²) >= 11 is 0. The molecule has 0 aromatic carbocycles. The van der Waals surface area contributed by atoms with Gasteiger partial charge in [-0.2, -0.15) is 0 Å². The molecule has 7 heteroatoms. The zero-order valence-electron chi connectivity index (χ0n) is 9.85. The fourth-order valence-corrected chi connectivity index (χ4v) is 2.19. The van der Waals surface area contributed by atoms with Gasteiger partial charge in [0.1, 0.15) is 12.1 Å². The van der Waals surface area contributed by atoms with Gasteiger partial charge in [-0.25, -0.2) is 4.79 Å². The van der Waals surface area contributed by atoms with Crippen molar-refractivity contribution in [1.82, 2.24) is 10.6 Å². The average Bonchev–Trinajstić information content (AvgIpc) is 2.81. The number of ether oxygens (including phenoxy) is 1. The third kappa shape index (κ3) is 2.79. The first-order valence-corrected chi connectivity index (χ1v) is 6.04. The van der Waals surface area contributed by atoms with Crippen LogP contribution < -0.4 is 10.6 Å². The van der Waals surface area contributed by atoms with E-state index in [-0.39, 0.29) is 5.91 Å². The van der Waals surface area contributed by atoms with E-state index in [1.165, 1.54) is 0 Å². The van der Waals surface area contributed by atoms with Gasteiger partial charge in [0.15, 0.2) is 6.10 Å². The Morgan fingerprint density at radius 3 is 2.61 bits per heavy atom. The van der Waals surface area contributed by atoms with Crippen LogP contribution in [0.1, 0.15) is 25.7 Å². The van der Waals surface area contributed by atoms with E-state index in [1.807, 2.05) is 0 Å². The quantitative estimate of drug-likeness (QED) is 0.601. The van der Waals surface area contributed by atoms with Crippen molar-refractivity contribution in [2.75, 3.05) is 6.54 Å². The summed E-state index contributed by atoms with van der Waals surface area (Å²) in [6.45, 7) is 0.631. The number of carbonyl (C=O) groups is 3. The Morgan fingerprint density at radius 1 is 1.28 bits per heavy atom. The number of nitrogens with one attached hydrogen (secondary N) is 2. The Hall–Kier alpha value is -1.63. The van der Waals surface area contributed by atoms with Gasteiger partial charge in [-0.3, -0.25) is 9.59 Å². The van der Waals surface area contributed by atoms with Crippen LogP contribution in [-0.4, -0.2) is 47.7 Å². The van der Waals surface area contributed by atoms with Gasteiger partial charge in [0, 0.05) is 6.54 Å². The van der Waals surface area contributed by atoms with E-state index in [9.17, 15) is 14.4 Å². The molecule has 2 rings (SSSR count). The van der Waals surface area contributed by atoms with Crippen molar-refractivity contribution in [3.8, 4) is 0 Å². The molecule has 0 aromatic rings. The number of rotatable bonds is 3. The van der Waals surface area contributed by atoms with Gasteiger partial charge >= 0.3 is 5.97 Å². The lowest BCUT2D eigenvalue weighted by atomic mass is 10.1. The van der Waals surface area contributed by atoms with E-state index in [0.29, 0.717) is 25.8 Å². The molecule has 2 aliphatic heterocycles. The maximum Gasteiger partial charge on any atom is 0.332 e. The van der Waals surface area contributed by atoms with E-state index in [4.69, 9.17) is 9.84 Å². The predicted octanol–water partition coefficient (Wildman–Crippen LogP) is -0.987. The minimum atomic E-state index is -1.05. The largest absolute Gasteiger partial charge is 0.479 e. The molecular formula is C11H16N2O5. The highest BCUT2D eigenvalue weighted by atomic mass is 16.5. The van der Waals surface area contributed by atoms with Gasteiger partial charge in [-0.15, -0.1) is 0 Å². The molecule has 2 heterocycles. The second-order valence-corrected chi connectivity index (χ2v) is 4.52. The Bertz CT molecular complexity index is 370. The maximum absolute atomic E-state index is 11.8. The topological polar surface area (TPSA) is 105 Å². The van der Waals surface area contributed by atoms with E-state index < -0.39 is 30.1 Å². The fraction of sp³-hybridized carbons (Fsp3) is 0.727. The number of piperidine rings is 1. The summed E-state index contributed by atoms with van der Waals surface area (Å²) in [5.74, 6) is -1.65. The molecule has 2 aliphatic rings. The molecule has 18 heavy (non-hydrogen) atoms. The third-order valence-electron chi connectivity index (χ3n) is 3.19. The Labute approximate surface area is 104 Å². The number of aliphatic carboxylic acids is 1. The first-order valence-electron chi connectivity index (χ1n) is 6.04. The summed E-state index contributed by atoms with van der Waals surface area (Å²) in [5.41, 5.74) is 0. The van der Waals surface area contributed by atoms with Crippen molar-refractivity contribution < 1.29 is 24.2 Å². The molecule has 3 atom stereocenters. The van der Waals surface area contributed by atoms with Crippen LogP contribution in [0.15, 0.2) is 0 Å². The molecule has 0 aliphatic carbocycles. The maximum atomic E-state index is 11.8. The van der Waals surface area contributed by atoms with Crippen LogP contribution >= 0.6 is 0 Å². The zero-order valence-corrected chi connectivity index (χ0v) is 9.85. The van der Waals surface area contributed by atoms with Gasteiger partial charge in [0.25, 0.3) is 0 Å². The van der Waals surface area contributed by atoms with Crippen molar-refractivity contribution in [1.29, 1.82) is 0 Å². The lowest BCUT2D eigenvalue weighted by Gasteiger charge is -2.24. The number of hydrogen-bond donors (Lipinski definition) is 3. The zero-order chi connectivity index (χ0) is 13.1.